The summed E-state index contributed by atoms with van der Waals surface area (Å²) in [4.78, 5) is 27.3. The Morgan fingerprint density at radius 2 is 1.96 bits per heavy atom. The van der Waals surface area contributed by atoms with Crippen LogP contribution in [0.5, 0.6) is 0 Å². The molecule has 0 radical (unpaired) electrons. The molecule has 0 saturated heterocycles. The Bertz CT molecular complexity index is 914. The van der Waals surface area contributed by atoms with Crippen molar-refractivity contribution in [1.29, 1.82) is 0 Å². The fourth-order valence-electron chi connectivity index (χ4n) is 2.98. The van der Waals surface area contributed by atoms with Gasteiger partial charge in [0, 0.05) is 12.2 Å². The second-order valence-corrected chi connectivity index (χ2v) is 6.87. The van der Waals surface area contributed by atoms with Gasteiger partial charge in [-0.2, -0.15) is 0 Å². The van der Waals surface area contributed by atoms with E-state index in [4.69, 9.17) is 4.42 Å². The summed E-state index contributed by atoms with van der Waals surface area (Å²) in [6, 6.07) is 14.8. The molecule has 0 spiro atoms. The molecule has 1 aliphatic rings. The molecule has 2 amide bonds. The minimum absolute atomic E-state index is 0.0318. The smallest absolute Gasteiger partial charge is 0.291 e. The van der Waals surface area contributed by atoms with Crippen LogP contribution >= 0.6 is 11.3 Å². The highest BCUT2D eigenvalue weighted by Crippen LogP contribution is 2.31. The van der Waals surface area contributed by atoms with Gasteiger partial charge in [0.05, 0.1) is 16.1 Å². The second-order valence-electron chi connectivity index (χ2n) is 5.78. The number of aryl methyl sites for hydroxylation is 1. The summed E-state index contributed by atoms with van der Waals surface area (Å²) in [5.74, 6) is -0.115. The first-order valence-corrected chi connectivity index (χ1v) is 8.88. The van der Waals surface area contributed by atoms with Crippen LogP contribution in [0.2, 0.25) is 0 Å². The number of amides is 2. The van der Waals surface area contributed by atoms with Crippen LogP contribution in [0.4, 0.5) is 10.7 Å². The molecule has 0 fully saturated rings. The molecule has 6 heteroatoms. The van der Waals surface area contributed by atoms with Gasteiger partial charge in [-0.25, -0.2) is 0 Å². The summed E-state index contributed by atoms with van der Waals surface area (Å²) in [5.41, 5.74) is 2.18. The molecule has 0 atom stereocenters. The molecule has 126 valence electrons. The highest BCUT2D eigenvalue weighted by atomic mass is 32.1. The monoisotopic (exact) mass is 352 g/mol. The van der Waals surface area contributed by atoms with Gasteiger partial charge in [-0.05, 0) is 48.7 Å². The predicted octanol–water partition coefficient (Wildman–Crippen LogP) is 4.19. The van der Waals surface area contributed by atoms with Gasteiger partial charge < -0.3 is 14.6 Å². The molecule has 1 N–H and O–H groups in total. The van der Waals surface area contributed by atoms with E-state index in [2.05, 4.69) is 11.4 Å². The van der Waals surface area contributed by atoms with E-state index in [1.165, 1.54) is 23.2 Å². The zero-order valence-electron chi connectivity index (χ0n) is 13.4. The van der Waals surface area contributed by atoms with Crippen molar-refractivity contribution in [3.63, 3.8) is 0 Å². The Hall–Kier alpha value is -2.86. The number of hydrogen-bond donors (Lipinski definition) is 1. The lowest BCUT2D eigenvalue weighted by molar-refractivity contribution is 0.0984. The van der Waals surface area contributed by atoms with E-state index in [1.807, 2.05) is 23.1 Å². The van der Waals surface area contributed by atoms with Crippen LogP contribution < -0.4 is 10.2 Å². The molecule has 0 unspecified atom stereocenters. The molecule has 0 saturated carbocycles. The molecule has 1 aliphatic heterocycles. The quantitative estimate of drug-likeness (QED) is 0.769. The number of anilines is 2. The van der Waals surface area contributed by atoms with E-state index in [0.717, 1.165) is 18.5 Å². The first-order chi connectivity index (χ1) is 12.2. The lowest BCUT2D eigenvalue weighted by Crippen LogP contribution is -2.34. The zero-order chi connectivity index (χ0) is 17.2. The van der Waals surface area contributed by atoms with E-state index in [-0.39, 0.29) is 17.6 Å². The van der Waals surface area contributed by atoms with E-state index >= 15 is 0 Å². The van der Waals surface area contributed by atoms with E-state index in [0.29, 0.717) is 16.4 Å². The number of nitrogens with one attached hydrogen (secondary N) is 1. The summed E-state index contributed by atoms with van der Waals surface area (Å²) >= 11 is 1.27. The predicted molar refractivity (Wildman–Crippen MR) is 97.4 cm³/mol. The van der Waals surface area contributed by atoms with Crippen molar-refractivity contribution in [2.75, 3.05) is 16.8 Å². The fourth-order valence-corrected chi connectivity index (χ4v) is 3.83. The topological polar surface area (TPSA) is 62.6 Å². The molecule has 0 aliphatic carbocycles. The molecular weight excluding hydrogens is 336 g/mol. The van der Waals surface area contributed by atoms with Crippen molar-refractivity contribution in [3.05, 3.63) is 71.0 Å². The molecule has 3 heterocycles. The van der Waals surface area contributed by atoms with Gasteiger partial charge in [0.15, 0.2) is 5.76 Å². The van der Waals surface area contributed by atoms with Gasteiger partial charge in [-0.1, -0.05) is 18.2 Å². The number of benzene rings is 1. The molecule has 2 aromatic heterocycles. The van der Waals surface area contributed by atoms with Crippen LogP contribution in [0.15, 0.2) is 59.2 Å². The Balaban J connectivity index is 1.53. The Labute approximate surface area is 148 Å². The van der Waals surface area contributed by atoms with Crippen molar-refractivity contribution in [2.45, 2.75) is 12.8 Å². The number of carbonyl (C=O) groups is 2. The number of fused-ring (bicyclic) bond motifs is 1. The maximum Gasteiger partial charge on any atom is 0.291 e. The maximum absolute atomic E-state index is 12.9. The minimum Gasteiger partial charge on any atom is -0.459 e. The molecule has 25 heavy (non-hydrogen) atoms. The summed E-state index contributed by atoms with van der Waals surface area (Å²) < 4.78 is 5.07. The first kappa shape index (κ1) is 15.7. The third-order valence-electron chi connectivity index (χ3n) is 4.15. The van der Waals surface area contributed by atoms with E-state index < -0.39 is 0 Å². The number of hydrogen-bond acceptors (Lipinski definition) is 4. The molecule has 5 nitrogen and oxygen atoms in total. The zero-order valence-corrected chi connectivity index (χ0v) is 14.2. The number of carbonyl (C=O) groups excluding carboxylic acids is 2. The molecular formula is C19H16N2O3S. The van der Waals surface area contributed by atoms with Crippen LogP contribution in [-0.4, -0.2) is 18.4 Å². The lowest BCUT2D eigenvalue weighted by Gasteiger charge is -2.29. The Kier molecular flexibility index (Phi) is 4.11. The molecule has 0 bridgehead atoms. The highest BCUT2D eigenvalue weighted by Gasteiger charge is 2.24. The second kappa shape index (κ2) is 6.57. The highest BCUT2D eigenvalue weighted by molar-refractivity contribution is 7.18. The normalized spacial score (nSPS) is 13.4. The van der Waals surface area contributed by atoms with E-state index in [9.17, 15) is 9.59 Å². The summed E-state index contributed by atoms with van der Waals surface area (Å²) in [6.07, 6.45) is 3.40. The SMILES string of the molecule is O=C(Nc1ccc(C(=O)N2CCCc3ccccc32)s1)c1ccco1. The third kappa shape index (κ3) is 3.08. The lowest BCUT2D eigenvalue weighted by atomic mass is 10.0. The van der Waals surface area contributed by atoms with Gasteiger partial charge in [0.2, 0.25) is 0 Å². The summed E-state index contributed by atoms with van der Waals surface area (Å²) in [7, 11) is 0. The van der Waals surface area contributed by atoms with Gasteiger partial charge in [0.25, 0.3) is 11.8 Å². The summed E-state index contributed by atoms with van der Waals surface area (Å²) in [5, 5.41) is 3.38. The van der Waals surface area contributed by atoms with Crippen molar-refractivity contribution in [3.8, 4) is 0 Å². The van der Waals surface area contributed by atoms with Crippen molar-refractivity contribution >= 4 is 33.8 Å². The maximum atomic E-state index is 12.9. The van der Waals surface area contributed by atoms with Crippen LogP contribution in [0, 0.1) is 0 Å². The molecule has 1 aromatic carbocycles. The number of furan rings is 1. The third-order valence-corrected chi connectivity index (χ3v) is 5.14. The average molecular weight is 352 g/mol. The number of thiophene rings is 1. The van der Waals surface area contributed by atoms with Gasteiger partial charge in [-0.15, -0.1) is 11.3 Å². The summed E-state index contributed by atoms with van der Waals surface area (Å²) in [6.45, 7) is 0.710. The largest absolute Gasteiger partial charge is 0.459 e. The van der Waals surface area contributed by atoms with Crippen molar-refractivity contribution in [2.24, 2.45) is 0 Å². The minimum atomic E-state index is -0.325. The van der Waals surface area contributed by atoms with Crippen LogP contribution in [0.3, 0.4) is 0 Å². The van der Waals surface area contributed by atoms with Crippen LogP contribution in [0.1, 0.15) is 32.2 Å². The van der Waals surface area contributed by atoms with Gasteiger partial charge in [0.1, 0.15) is 0 Å². The molecule has 3 aromatic rings. The van der Waals surface area contributed by atoms with Crippen LogP contribution in [-0.2, 0) is 6.42 Å². The fraction of sp³-hybridized carbons (Fsp3) is 0.158. The van der Waals surface area contributed by atoms with Gasteiger partial charge >= 0.3 is 0 Å². The van der Waals surface area contributed by atoms with Crippen LogP contribution in [0.25, 0.3) is 0 Å². The van der Waals surface area contributed by atoms with Gasteiger partial charge in [-0.3, -0.25) is 9.59 Å². The van der Waals surface area contributed by atoms with Crippen molar-refractivity contribution in [1.82, 2.24) is 0 Å². The van der Waals surface area contributed by atoms with Crippen molar-refractivity contribution < 1.29 is 14.0 Å². The Morgan fingerprint density at radius 1 is 1.08 bits per heavy atom. The molecule has 4 rings (SSSR count). The number of para-hydroxylation sites is 1. The average Bonchev–Trinajstić information content (AvgIpc) is 3.32. The number of rotatable bonds is 3. The standard InChI is InChI=1S/C19H16N2O3S/c22-18(15-8-4-12-24-15)20-17-10-9-16(25-17)19(23)21-11-3-6-13-5-1-2-7-14(13)21/h1-2,4-5,7-10,12H,3,6,11H2,(H,20,22). The Morgan fingerprint density at radius 3 is 2.80 bits per heavy atom. The number of nitrogens with zero attached hydrogens (tertiary/aromatic N) is 1. The van der Waals surface area contributed by atoms with E-state index in [1.54, 1.807) is 24.3 Å². The first-order valence-electron chi connectivity index (χ1n) is 8.07.